The molecular weight excluding hydrogens is 195 g/mol. The van der Waals surface area contributed by atoms with Gasteiger partial charge in [-0.15, -0.1) is 0 Å². The van der Waals surface area contributed by atoms with Gasteiger partial charge in [-0.1, -0.05) is 0 Å². The molecular formula is C11H13FN2O. The lowest BCUT2D eigenvalue weighted by Crippen LogP contribution is -2.32. The zero-order valence-electron chi connectivity index (χ0n) is 8.74. The SMILES string of the molecule is CC(CO)N(C)c1ccc(F)cc1C#N. The quantitative estimate of drug-likeness (QED) is 0.819. The van der Waals surface area contributed by atoms with Crippen molar-refractivity contribution in [1.29, 1.82) is 5.26 Å². The van der Waals surface area contributed by atoms with Crippen molar-refractivity contribution in [3.05, 3.63) is 29.6 Å². The van der Waals surface area contributed by atoms with E-state index < -0.39 is 5.82 Å². The van der Waals surface area contributed by atoms with E-state index in [1.165, 1.54) is 12.1 Å². The number of aliphatic hydroxyl groups is 1. The maximum Gasteiger partial charge on any atom is 0.124 e. The fourth-order valence-corrected chi connectivity index (χ4v) is 1.27. The predicted octanol–water partition coefficient (Wildman–Crippen LogP) is 1.51. The number of nitriles is 1. The topological polar surface area (TPSA) is 47.3 Å². The molecule has 0 aromatic heterocycles. The van der Waals surface area contributed by atoms with Gasteiger partial charge in [-0.3, -0.25) is 0 Å². The summed E-state index contributed by atoms with van der Waals surface area (Å²) in [6, 6.07) is 5.86. The largest absolute Gasteiger partial charge is 0.394 e. The smallest absolute Gasteiger partial charge is 0.124 e. The van der Waals surface area contributed by atoms with Crippen molar-refractivity contribution in [2.45, 2.75) is 13.0 Å². The fourth-order valence-electron chi connectivity index (χ4n) is 1.27. The van der Waals surface area contributed by atoms with Gasteiger partial charge in [-0.25, -0.2) is 4.39 Å². The third kappa shape index (κ3) is 2.45. The summed E-state index contributed by atoms with van der Waals surface area (Å²) in [5, 5.41) is 17.8. The second kappa shape index (κ2) is 4.76. The van der Waals surface area contributed by atoms with E-state index >= 15 is 0 Å². The number of anilines is 1. The summed E-state index contributed by atoms with van der Waals surface area (Å²) in [5.74, 6) is -0.430. The van der Waals surface area contributed by atoms with Crippen LogP contribution in [-0.4, -0.2) is 24.8 Å². The second-order valence-corrected chi connectivity index (χ2v) is 3.42. The van der Waals surface area contributed by atoms with Gasteiger partial charge in [0.15, 0.2) is 0 Å². The molecule has 1 rings (SSSR count). The zero-order valence-corrected chi connectivity index (χ0v) is 8.74. The first kappa shape index (κ1) is 11.5. The first-order valence-corrected chi connectivity index (χ1v) is 4.63. The summed E-state index contributed by atoms with van der Waals surface area (Å²) in [7, 11) is 1.76. The molecule has 1 N–H and O–H groups in total. The van der Waals surface area contributed by atoms with Crippen molar-refractivity contribution in [2.75, 3.05) is 18.6 Å². The van der Waals surface area contributed by atoms with Crippen LogP contribution in [0.1, 0.15) is 12.5 Å². The third-order valence-electron chi connectivity index (χ3n) is 2.38. The molecule has 1 aromatic carbocycles. The van der Waals surface area contributed by atoms with Crippen LogP contribution in [0.4, 0.5) is 10.1 Å². The lowest BCUT2D eigenvalue weighted by Gasteiger charge is -2.26. The molecule has 80 valence electrons. The van der Waals surface area contributed by atoms with Crippen molar-refractivity contribution < 1.29 is 9.50 Å². The summed E-state index contributed by atoms with van der Waals surface area (Å²) < 4.78 is 12.9. The lowest BCUT2D eigenvalue weighted by atomic mass is 10.1. The van der Waals surface area contributed by atoms with Crippen LogP contribution in [0.5, 0.6) is 0 Å². The molecule has 0 saturated heterocycles. The second-order valence-electron chi connectivity index (χ2n) is 3.42. The first-order valence-electron chi connectivity index (χ1n) is 4.63. The lowest BCUT2D eigenvalue weighted by molar-refractivity contribution is 0.270. The maximum absolute atomic E-state index is 12.9. The minimum Gasteiger partial charge on any atom is -0.394 e. The normalized spacial score (nSPS) is 11.9. The van der Waals surface area contributed by atoms with Crippen molar-refractivity contribution in [1.82, 2.24) is 0 Å². The van der Waals surface area contributed by atoms with Crippen LogP contribution in [0.2, 0.25) is 0 Å². The van der Waals surface area contributed by atoms with Gasteiger partial charge in [0, 0.05) is 13.1 Å². The van der Waals surface area contributed by atoms with E-state index in [0.717, 1.165) is 0 Å². The third-order valence-corrected chi connectivity index (χ3v) is 2.38. The number of hydrogen-bond acceptors (Lipinski definition) is 3. The zero-order chi connectivity index (χ0) is 11.4. The molecule has 15 heavy (non-hydrogen) atoms. The molecule has 1 atom stereocenters. The number of nitrogens with zero attached hydrogens (tertiary/aromatic N) is 2. The summed E-state index contributed by atoms with van der Waals surface area (Å²) in [4.78, 5) is 1.75. The number of aliphatic hydroxyl groups excluding tert-OH is 1. The number of benzene rings is 1. The number of likely N-dealkylation sites (N-methyl/N-ethyl adjacent to an activating group) is 1. The van der Waals surface area contributed by atoms with E-state index in [1.54, 1.807) is 18.0 Å². The van der Waals surface area contributed by atoms with Crippen LogP contribution in [-0.2, 0) is 0 Å². The minimum absolute atomic E-state index is 0.0151. The summed E-state index contributed by atoms with van der Waals surface area (Å²) in [5.41, 5.74) is 0.901. The van der Waals surface area contributed by atoms with Gasteiger partial charge in [0.25, 0.3) is 0 Å². The van der Waals surface area contributed by atoms with Gasteiger partial charge in [-0.05, 0) is 25.1 Å². The highest BCUT2D eigenvalue weighted by atomic mass is 19.1. The Bertz CT molecular complexity index is 387. The van der Waals surface area contributed by atoms with E-state index in [-0.39, 0.29) is 18.2 Å². The van der Waals surface area contributed by atoms with Crippen LogP contribution in [0.25, 0.3) is 0 Å². The Morgan fingerprint density at radius 2 is 2.27 bits per heavy atom. The molecule has 0 saturated carbocycles. The van der Waals surface area contributed by atoms with Gasteiger partial charge in [0.05, 0.1) is 17.9 Å². The fraction of sp³-hybridized carbons (Fsp3) is 0.364. The Morgan fingerprint density at radius 3 is 2.80 bits per heavy atom. The Hall–Kier alpha value is -1.60. The molecule has 0 spiro atoms. The maximum atomic E-state index is 12.9. The molecule has 0 radical (unpaired) electrons. The molecule has 0 fully saturated rings. The van der Waals surface area contributed by atoms with E-state index in [9.17, 15) is 4.39 Å². The molecule has 0 aliphatic rings. The van der Waals surface area contributed by atoms with Crippen molar-refractivity contribution in [3.8, 4) is 6.07 Å². The van der Waals surface area contributed by atoms with E-state index in [1.807, 2.05) is 13.0 Å². The number of halogens is 1. The monoisotopic (exact) mass is 208 g/mol. The van der Waals surface area contributed by atoms with Crippen molar-refractivity contribution in [2.24, 2.45) is 0 Å². The highest BCUT2D eigenvalue weighted by Crippen LogP contribution is 2.21. The standard InChI is InChI=1S/C11H13FN2O/c1-8(7-15)14(2)11-4-3-10(12)5-9(11)6-13/h3-5,8,15H,7H2,1-2H3. The van der Waals surface area contributed by atoms with Gasteiger partial charge in [-0.2, -0.15) is 5.26 Å². The van der Waals surface area contributed by atoms with Gasteiger partial charge >= 0.3 is 0 Å². The van der Waals surface area contributed by atoms with E-state index in [0.29, 0.717) is 5.69 Å². The molecule has 0 heterocycles. The van der Waals surface area contributed by atoms with E-state index in [4.69, 9.17) is 10.4 Å². The Morgan fingerprint density at radius 1 is 1.60 bits per heavy atom. The molecule has 0 aliphatic carbocycles. The molecule has 0 amide bonds. The van der Waals surface area contributed by atoms with Gasteiger partial charge in [0.1, 0.15) is 11.9 Å². The average molecular weight is 208 g/mol. The molecule has 4 heteroatoms. The Kier molecular flexibility index (Phi) is 3.64. The molecule has 0 bridgehead atoms. The van der Waals surface area contributed by atoms with Gasteiger partial charge in [0.2, 0.25) is 0 Å². The molecule has 3 nitrogen and oxygen atoms in total. The molecule has 1 aromatic rings. The summed E-state index contributed by atoms with van der Waals surface area (Å²) in [6.45, 7) is 1.81. The van der Waals surface area contributed by atoms with Crippen LogP contribution in [0.15, 0.2) is 18.2 Å². The molecule has 0 aliphatic heterocycles. The van der Waals surface area contributed by atoms with Crippen LogP contribution >= 0.6 is 0 Å². The van der Waals surface area contributed by atoms with Crippen molar-refractivity contribution >= 4 is 5.69 Å². The minimum atomic E-state index is -0.430. The first-order chi connectivity index (χ1) is 7.10. The number of rotatable bonds is 3. The highest BCUT2D eigenvalue weighted by molar-refractivity contribution is 5.59. The number of hydrogen-bond donors (Lipinski definition) is 1. The van der Waals surface area contributed by atoms with E-state index in [2.05, 4.69) is 0 Å². The van der Waals surface area contributed by atoms with Crippen LogP contribution in [0, 0.1) is 17.1 Å². The molecule has 1 unspecified atom stereocenters. The Balaban J connectivity index is 3.09. The average Bonchev–Trinajstić information content (AvgIpc) is 2.26. The van der Waals surface area contributed by atoms with Crippen LogP contribution < -0.4 is 4.90 Å². The van der Waals surface area contributed by atoms with Crippen LogP contribution in [0.3, 0.4) is 0 Å². The highest BCUT2D eigenvalue weighted by Gasteiger charge is 2.13. The summed E-state index contributed by atoms with van der Waals surface area (Å²) >= 11 is 0. The van der Waals surface area contributed by atoms with Gasteiger partial charge < -0.3 is 10.0 Å². The summed E-state index contributed by atoms with van der Waals surface area (Å²) in [6.07, 6.45) is 0. The Labute approximate surface area is 88.4 Å². The van der Waals surface area contributed by atoms with Crippen molar-refractivity contribution in [3.63, 3.8) is 0 Å². The predicted molar refractivity (Wildman–Crippen MR) is 56.1 cm³/mol.